The summed E-state index contributed by atoms with van der Waals surface area (Å²) in [5.41, 5.74) is 5.04. The van der Waals surface area contributed by atoms with Crippen LogP contribution >= 0.6 is 12.2 Å². The number of hydrogen-bond donors (Lipinski definition) is 1. The summed E-state index contributed by atoms with van der Waals surface area (Å²) in [5.74, 6) is -0.830. The summed E-state index contributed by atoms with van der Waals surface area (Å²) in [6.45, 7) is 1.21. The molecule has 0 aliphatic rings. The SMILES string of the molecule is CC(=O)CC(=O)OCC(N)=S. The zero-order chi connectivity index (χ0) is 8.85. The van der Waals surface area contributed by atoms with Gasteiger partial charge in [0.15, 0.2) is 0 Å². The van der Waals surface area contributed by atoms with Gasteiger partial charge in [0.1, 0.15) is 23.8 Å². The molecule has 5 heteroatoms. The van der Waals surface area contributed by atoms with Crippen molar-refractivity contribution in [2.24, 2.45) is 5.73 Å². The number of carbonyl (C=O) groups excluding carboxylic acids is 2. The molecular weight excluding hydrogens is 166 g/mol. The fourth-order valence-electron chi connectivity index (χ4n) is 0.406. The second kappa shape index (κ2) is 4.79. The van der Waals surface area contributed by atoms with Gasteiger partial charge in [0.2, 0.25) is 0 Å². The second-order valence-electron chi connectivity index (χ2n) is 2.01. The van der Waals surface area contributed by atoms with Crippen molar-refractivity contribution in [3.8, 4) is 0 Å². The van der Waals surface area contributed by atoms with Crippen molar-refractivity contribution in [1.29, 1.82) is 0 Å². The molecule has 0 fully saturated rings. The van der Waals surface area contributed by atoms with Crippen molar-refractivity contribution in [1.82, 2.24) is 0 Å². The van der Waals surface area contributed by atoms with Crippen LogP contribution in [0.5, 0.6) is 0 Å². The molecule has 0 amide bonds. The molecule has 0 aromatic carbocycles. The minimum absolute atomic E-state index is 0.0958. The first-order valence-corrected chi connectivity index (χ1v) is 3.36. The fourth-order valence-corrected chi connectivity index (χ4v) is 0.465. The third-order valence-electron chi connectivity index (χ3n) is 0.769. The number of carbonyl (C=O) groups is 2. The van der Waals surface area contributed by atoms with E-state index in [0.717, 1.165) is 0 Å². The summed E-state index contributed by atoms with van der Waals surface area (Å²) in [6, 6.07) is 0. The first-order valence-electron chi connectivity index (χ1n) is 2.95. The molecule has 62 valence electrons. The summed E-state index contributed by atoms with van der Waals surface area (Å²) >= 11 is 4.44. The minimum Gasteiger partial charge on any atom is -0.458 e. The van der Waals surface area contributed by atoms with Crippen LogP contribution in [0.15, 0.2) is 0 Å². The second-order valence-corrected chi connectivity index (χ2v) is 2.53. The van der Waals surface area contributed by atoms with Crippen molar-refractivity contribution in [3.05, 3.63) is 0 Å². The number of thiocarbonyl (C=S) groups is 1. The highest BCUT2D eigenvalue weighted by molar-refractivity contribution is 7.80. The van der Waals surface area contributed by atoms with Gasteiger partial charge in [-0.2, -0.15) is 0 Å². The molecule has 0 bridgehead atoms. The molecule has 0 heterocycles. The predicted molar refractivity (Wildman–Crippen MR) is 43.0 cm³/mol. The van der Waals surface area contributed by atoms with Gasteiger partial charge in [0.05, 0.1) is 0 Å². The summed E-state index contributed by atoms with van der Waals surface area (Å²) in [5, 5.41) is 0. The summed E-state index contributed by atoms with van der Waals surface area (Å²) in [6.07, 6.45) is -0.220. The van der Waals surface area contributed by atoms with Gasteiger partial charge in [-0.1, -0.05) is 12.2 Å². The minimum atomic E-state index is -0.592. The lowest BCUT2D eigenvalue weighted by atomic mass is 10.3. The third-order valence-corrected chi connectivity index (χ3v) is 0.887. The number of rotatable bonds is 4. The predicted octanol–water partition coefficient (Wildman–Crippen LogP) is -0.205. The fraction of sp³-hybridized carbons (Fsp3) is 0.500. The topological polar surface area (TPSA) is 69.4 Å². The lowest BCUT2D eigenvalue weighted by Crippen LogP contribution is -2.19. The van der Waals surface area contributed by atoms with E-state index in [1.807, 2.05) is 0 Å². The van der Waals surface area contributed by atoms with Crippen molar-refractivity contribution in [3.63, 3.8) is 0 Å². The summed E-state index contributed by atoms with van der Waals surface area (Å²) in [4.78, 5) is 21.0. The summed E-state index contributed by atoms with van der Waals surface area (Å²) in [7, 11) is 0. The van der Waals surface area contributed by atoms with E-state index in [1.165, 1.54) is 6.92 Å². The van der Waals surface area contributed by atoms with Crippen molar-refractivity contribution >= 4 is 29.0 Å². The highest BCUT2D eigenvalue weighted by Gasteiger charge is 2.05. The van der Waals surface area contributed by atoms with Gasteiger partial charge in [0.25, 0.3) is 0 Å². The standard InChI is InChI=1S/C6H9NO3S/c1-4(8)2-6(9)10-3-5(7)11/h2-3H2,1H3,(H2,7,11). The van der Waals surface area contributed by atoms with Gasteiger partial charge >= 0.3 is 5.97 Å². The zero-order valence-corrected chi connectivity index (χ0v) is 6.94. The summed E-state index contributed by atoms with van der Waals surface area (Å²) < 4.78 is 4.49. The molecule has 0 saturated carbocycles. The van der Waals surface area contributed by atoms with E-state index < -0.39 is 5.97 Å². The molecule has 11 heavy (non-hydrogen) atoms. The zero-order valence-electron chi connectivity index (χ0n) is 6.12. The van der Waals surface area contributed by atoms with Gasteiger partial charge in [-0.15, -0.1) is 0 Å². The molecule has 2 N–H and O–H groups in total. The molecule has 0 aromatic heterocycles. The highest BCUT2D eigenvalue weighted by Crippen LogP contribution is 1.87. The van der Waals surface area contributed by atoms with Gasteiger partial charge in [-0.05, 0) is 6.92 Å². The van der Waals surface area contributed by atoms with Crippen LogP contribution in [0.3, 0.4) is 0 Å². The molecule has 0 aliphatic heterocycles. The molecule has 0 unspecified atom stereocenters. The average Bonchev–Trinajstić information content (AvgIpc) is 1.82. The normalized spacial score (nSPS) is 8.82. The monoisotopic (exact) mass is 175 g/mol. The number of ether oxygens (including phenoxy) is 1. The van der Waals surface area contributed by atoms with E-state index in [-0.39, 0.29) is 23.8 Å². The molecule has 0 saturated heterocycles. The Balaban J connectivity index is 3.53. The first kappa shape index (κ1) is 10.0. The van der Waals surface area contributed by atoms with E-state index in [1.54, 1.807) is 0 Å². The Kier molecular flexibility index (Phi) is 4.36. The molecule has 0 aliphatic carbocycles. The van der Waals surface area contributed by atoms with Crippen molar-refractivity contribution < 1.29 is 14.3 Å². The Morgan fingerprint density at radius 2 is 2.09 bits per heavy atom. The molecule has 0 atom stereocenters. The van der Waals surface area contributed by atoms with E-state index >= 15 is 0 Å². The van der Waals surface area contributed by atoms with Crippen LogP contribution in [0.25, 0.3) is 0 Å². The molecule has 0 rings (SSSR count). The lowest BCUT2D eigenvalue weighted by molar-refractivity contribution is -0.144. The van der Waals surface area contributed by atoms with Crippen LogP contribution in [0, 0.1) is 0 Å². The maximum atomic E-state index is 10.6. The first-order chi connectivity index (χ1) is 5.02. The van der Waals surface area contributed by atoms with Crippen LogP contribution in [-0.2, 0) is 14.3 Å². The number of hydrogen-bond acceptors (Lipinski definition) is 4. The Morgan fingerprint density at radius 3 is 2.45 bits per heavy atom. The van der Waals surface area contributed by atoms with Gasteiger partial charge < -0.3 is 10.5 Å². The molecule has 4 nitrogen and oxygen atoms in total. The molecule has 0 spiro atoms. The van der Waals surface area contributed by atoms with Crippen LogP contribution in [0.1, 0.15) is 13.3 Å². The van der Waals surface area contributed by atoms with Crippen LogP contribution in [-0.4, -0.2) is 23.3 Å². The van der Waals surface area contributed by atoms with E-state index in [9.17, 15) is 9.59 Å². The Labute approximate surface area is 69.7 Å². The van der Waals surface area contributed by atoms with Crippen molar-refractivity contribution in [2.45, 2.75) is 13.3 Å². The van der Waals surface area contributed by atoms with Gasteiger partial charge in [0, 0.05) is 0 Å². The van der Waals surface area contributed by atoms with E-state index in [2.05, 4.69) is 17.0 Å². The van der Waals surface area contributed by atoms with E-state index in [0.29, 0.717) is 0 Å². The number of Topliss-reactive ketones (excluding diaryl/α,β-unsaturated/α-hetero) is 1. The molecular formula is C6H9NO3S. The number of nitrogens with two attached hydrogens (primary N) is 1. The van der Waals surface area contributed by atoms with Crippen molar-refractivity contribution in [2.75, 3.05) is 6.61 Å². The maximum absolute atomic E-state index is 10.6. The van der Waals surface area contributed by atoms with Crippen LogP contribution < -0.4 is 5.73 Å². The number of ketones is 1. The maximum Gasteiger partial charge on any atom is 0.313 e. The number of esters is 1. The van der Waals surface area contributed by atoms with Crippen LogP contribution in [0.4, 0.5) is 0 Å². The third kappa shape index (κ3) is 6.92. The van der Waals surface area contributed by atoms with Gasteiger partial charge in [-0.25, -0.2) is 0 Å². The van der Waals surface area contributed by atoms with E-state index in [4.69, 9.17) is 5.73 Å². The molecule has 0 radical (unpaired) electrons. The highest BCUT2D eigenvalue weighted by atomic mass is 32.1. The smallest absolute Gasteiger partial charge is 0.313 e. The Hall–Kier alpha value is -0.970. The Bertz CT molecular complexity index is 190. The van der Waals surface area contributed by atoms with Crippen LogP contribution in [0.2, 0.25) is 0 Å². The quantitative estimate of drug-likeness (QED) is 0.364. The lowest BCUT2D eigenvalue weighted by Gasteiger charge is -1.99. The Morgan fingerprint density at radius 1 is 1.55 bits per heavy atom. The largest absolute Gasteiger partial charge is 0.458 e. The molecule has 0 aromatic rings. The van der Waals surface area contributed by atoms with Gasteiger partial charge in [-0.3, -0.25) is 9.59 Å². The average molecular weight is 175 g/mol.